The fourth-order valence-corrected chi connectivity index (χ4v) is 3.39. The van der Waals surface area contributed by atoms with Gasteiger partial charge >= 0.3 is 0 Å². The van der Waals surface area contributed by atoms with Gasteiger partial charge in [-0.05, 0) is 30.9 Å². The van der Waals surface area contributed by atoms with Crippen LogP contribution in [0.15, 0.2) is 24.3 Å². The third-order valence-corrected chi connectivity index (χ3v) is 4.93. The molecule has 1 atom stereocenters. The molecule has 1 aromatic carbocycles. The molecule has 124 valence electrons. The van der Waals surface area contributed by atoms with Gasteiger partial charge in [-0.15, -0.1) is 0 Å². The van der Waals surface area contributed by atoms with Gasteiger partial charge in [0.15, 0.2) is 0 Å². The van der Waals surface area contributed by atoms with Crippen LogP contribution in [0.4, 0.5) is 5.69 Å². The summed E-state index contributed by atoms with van der Waals surface area (Å²) < 4.78 is 5.22. The van der Waals surface area contributed by atoms with Gasteiger partial charge in [0.1, 0.15) is 5.75 Å². The maximum absolute atomic E-state index is 12.7. The van der Waals surface area contributed by atoms with Gasteiger partial charge in [-0.25, -0.2) is 0 Å². The molecule has 1 aromatic rings. The van der Waals surface area contributed by atoms with Crippen molar-refractivity contribution in [3.05, 3.63) is 24.3 Å². The van der Waals surface area contributed by atoms with Gasteiger partial charge in [-0.3, -0.25) is 9.59 Å². The van der Waals surface area contributed by atoms with Crippen molar-refractivity contribution in [1.29, 1.82) is 0 Å². The van der Waals surface area contributed by atoms with Crippen molar-refractivity contribution in [2.24, 2.45) is 11.8 Å². The number of ether oxygens (including phenoxy) is 1. The van der Waals surface area contributed by atoms with Gasteiger partial charge in [-0.1, -0.05) is 13.0 Å². The minimum absolute atomic E-state index is 0.0157. The molecule has 2 aliphatic heterocycles. The number of benzene rings is 1. The molecular formula is C18H24N2O3. The van der Waals surface area contributed by atoms with Crippen molar-refractivity contribution in [2.45, 2.75) is 26.2 Å². The van der Waals surface area contributed by atoms with E-state index in [1.807, 2.05) is 29.2 Å². The standard InChI is InChI=1S/C18H24N2O3/c1-13-6-8-19(9-7-13)18(22)14-10-17(21)20(12-14)15-4-3-5-16(11-15)23-2/h3-5,11,13-14H,6-10,12H2,1-2H3/t14-/m0/s1. The van der Waals surface area contributed by atoms with Crippen LogP contribution in [0.1, 0.15) is 26.2 Å². The van der Waals surface area contributed by atoms with Gasteiger partial charge in [0.05, 0.1) is 13.0 Å². The predicted molar refractivity (Wildman–Crippen MR) is 88.4 cm³/mol. The van der Waals surface area contributed by atoms with Crippen LogP contribution < -0.4 is 9.64 Å². The second-order valence-corrected chi connectivity index (χ2v) is 6.61. The number of hydrogen-bond acceptors (Lipinski definition) is 3. The number of nitrogens with zero attached hydrogens (tertiary/aromatic N) is 2. The zero-order valence-electron chi connectivity index (χ0n) is 13.8. The summed E-state index contributed by atoms with van der Waals surface area (Å²) in [7, 11) is 1.61. The number of amides is 2. The Balaban J connectivity index is 1.68. The first-order chi connectivity index (χ1) is 11.1. The van der Waals surface area contributed by atoms with E-state index in [4.69, 9.17) is 4.74 Å². The maximum atomic E-state index is 12.7. The van der Waals surface area contributed by atoms with Gasteiger partial charge in [0.25, 0.3) is 0 Å². The second-order valence-electron chi connectivity index (χ2n) is 6.61. The first kappa shape index (κ1) is 15.8. The van der Waals surface area contributed by atoms with Crippen molar-refractivity contribution in [3.8, 4) is 5.75 Å². The Labute approximate surface area is 137 Å². The van der Waals surface area contributed by atoms with E-state index in [0.717, 1.165) is 37.4 Å². The Morgan fingerprint density at radius 3 is 2.70 bits per heavy atom. The quantitative estimate of drug-likeness (QED) is 0.860. The molecular weight excluding hydrogens is 292 g/mol. The van der Waals surface area contributed by atoms with Crippen LogP contribution in [0.25, 0.3) is 0 Å². The van der Waals surface area contributed by atoms with Crippen LogP contribution in [-0.2, 0) is 9.59 Å². The van der Waals surface area contributed by atoms with Crippen molar-refractivity contribution in [2.75, 3.05) is 31.6 Å². The van der Waals surface area contributed by atoms with Crippen LogP contribution in [0.5, 0.6) is 5.75 Å². The van der Waals surface area contributed by atoms with E-state index in [1.165, 1.54) is 0 Å². The zero-order chi connectivity index (χ0) is 16.4. The van der Waals surface area contributed by atoms with Crippen LogP contribution in [-0.4, -0.2) is 43.5 Å². The summed E-state index contributed by atoms with van der Waals surface area (Å²) in [6.07, 6.45) is 2.43. The Bertz CT molecular complexity index is 594. The summed E-state index contributed by atoms with van der Waals surface area (Å²) in [4.78, 5) is 28.7. The lowest BCUT2D eigenvalue weighted by atomic mass is 9.97. The normalized spacial score (nSPS) is 22.5. The van der Waals surface area contributed by atoms with Crippen LogP contribution in [0.3, 0.4) is 0 Å². The minimum Gasteiger partial charge on any atom is -0.497 e. The molecule has 2 fully saturated rings. The fourth-order valence-electron chi connectivity index (χ4n) is 3.39. The fraction of sp³-hybridized carbons (Fsp3) is 0.556. The van der Waals surface area contributed by atoms with E-state index in [0.29, 0.717) is 18.9 Å². The van der Waals surface area contributed by atoms with Gasteiger partial charge in [0, 0.05) is 37.8 Å². The Morgan fingerprint density at radius 1 is 1.26 bits per heavy atom. The topological polar surface area (TPSA) is 49.9 Å². The van der Waals surface area contributed by atoms with Crippen molar-refractivity contribution >= 4 is 17.5 Å². The van der Waals surface area contributed by atoms with Gasteiger partial charge in [-0.2, -0.15) is 0 Å². The second kappa shape index (κ2) is 6.60. The van der Waals surface area contributed by atoms with Crippen LogP contribution in [0.2, 0.25) is 0 Å². The molecule has 2 heterocycles. The molecule has 0 spiro atoms. The Kier molecular flexibility index (Phi) is 4.55. The Hall–Kier alpha value is -2.04. The summed E-state index contributed by atoms with van der Waals surface area (Å²) in [5.41, 5.74) is 0.803. The SMILES string of the molecule is COc1cccc(N2C[C@@H](C(=O)N3CCC(C)CC3)CC2=O)c1. The molecule has 0 aromatic heterocycles. The van der Waals surface area contributed by atoms with E-state index in [9.17, 15) is 9.59 Å². The van der Waals surface area contributed by atoms with E-state index in [2.05, 4.69) is 6.92 Å². The molecule has 0 N–H and O–H groups in total. The number of anilines is 1. The van der Waals surface area contributed by atoms with Crippen LogP contribution >= 0.6 is 0 Å². The third kappa shape index (κ3) is 3.33. The highest BCUT2D eigenvalue weighted by molar-refractivity contribution is 6.00. The predicted octanol–water partition coefficient (Wildman–Crippen LogP) is 2.31. The number of likely N-dealkylation sites (tertiary alicyclic amines) is 1. The maximum Gasteiger partial charge on any atom is 0.228 e. The molecule has 5 nitrogen and oxygen atoms in total. The molecule has 2 aliphatic rings. The summed E-state index contributed by atoms with van der Waals surface area (Å²) in [6, 6.07) is 7.44. The molecule has 23 heavy (non-hydrogen) atoms. The summed E-state index contributed by atoms with van der Waals surface area (Å²) >= 11 is 0. The molecule has 0 aliphatic carbocycles. The number of rotatable bonds is 3. The van der Waals surface area contributed by atoms with Crippen molar-refractivity contribution in [1.82, 2.24) is 4.90 Å². The lowest BCUT2D eigenvalue weighted by Crippen LogP contribution is -2.42. The minimum atomic E-state index is -0.220. The van der Waals surface area contributed by atoms with Gasteiger partial charge in [0.2, 0.25) is 11.8 Å². The lowest BCUT2D eigenvalue weighted by molar-refractivity contribution is -0.137. The molecule has 2 amide bonds. The number of piperidine rings is 1. The molecule has 2 saturated heterocycles. The summed E-state index contributed by atoms with van der Waals surface area (Å²) in [5, 5.41) is 0. The van der Waals surface area contributed by atoms with Crippen LogP contribution in [0, 0.1) is 11.8 Å². The number of carbonyl (C=O) groups is 2. The first-order valence-corrected chi connectivity index (χ1v) is 8.31. The first-order valence-electron chi connectivity index (χ1n) is 8.31. The number of methoxy groups -OCH3 is 1. The molecule has 0 unspecified atom stereocenters. The largest absolute Gasteiger partial charge is 0.497 e. The summed E-state index contributed by atoms with van der Waals surface area (Å²) in [6.45, 7) is 4.34. The molecule has 0 bridgehead atoms. The average molecular weight is 316 g/mol. The highest BCUT2D eigenvalue weighted by Gasteiger charge is 2.37. The molecule has 0 radical (unpaired) electrons. The number of carbonyl (C=O) groups excluding carboxylic acids is 2. The third-order valence-electron chi connectivity index (χ3n) is 4.93. The van der Waals surface area contributed by atoms with Crippen molar-refractivity contribution < 1.29 is 14.3 Å². The van der Waals surface area contributed by atoms with Crippen molar-refractivity contribution in [3.63, 3.8) is 0 Å². The highest BCUT2D eigenvalue weighted by atomic mass is 16.5. The molecule has 3 rings (SSSR count). The van der Waals surface area contributed by atoms with E-state index in [-0.39, 0.29) is 17.7 Å². The van der Waals surface area contributed by atoms with E-state index in [1.54, 1.807) is 12.0 Å². The monoisotopic (exact) mass is 316 g/mol. The zero-order valence-corrected chi connectivity index (χ0v) is 13.8. The van der Waals surface area contributed by atoms with E-state index < -0.39 is 0 Å². The van der Waals surface area contributed by atoms with Gasteiger partial charge < -0.3 is 14.5 Å². The molecule has 5 heteroatoms. The van der Waals surface area contributed by atoms with E-state index >= 15 is 0 Å². The lowest BCUT2D eigenvalue weighted by Gasteiger charge is -2.32. The highest BCUT2D eigenvalue weighted by Crippen LogP contribution is 2.29. The average Bonchev–Trinajstić information content (AvgIpc) is 2.97. The molecule has 0 saturated carbocycles. The Morgan fingerprint density at radius 2 is 2.00 bits per heavy atom. The smallest absolute Gasteiger partial charge is 0.228 e. The number of hydrogen-bond donors (Lipinski definition) is 0. The summed E-state index contributed by atoms with van der Waals surface area (Å²) in [5.74, 6) is 1.34.